The lowest BCUT2D eigenvalue weighted by molar-refractivity contribution is -0.136. The van der Waals surface area contributed by atoms with Crippen molar-refractivity contribution < 1.29 is 36.2 Å². The second-order valence-corrected chi connectivity index (χ2v) is 13.3. The molecule has 8 nitrogen and oxygen atoms in total. The highest BCUT2D eigenvalue weighted by Gasteiger charge is 2.33. The quantitative estimate of drug-likeness (QED) is 0.163. The third-order valence-corrected chi connectivity index (χ3v) is 10.2. The third kappa shape index (κ3) is 5.94. The molecular weight excluding hydrogens is 595 g/mol. The summed E-state index contributed by atoms with van der Waals surface area (Å²) >= 11 is 0. The van der Waals surface area contributed by atoms with Crippen LogP contribution < -0.4 is 4.74 Å². The highest BCUT2D eigenvalue weighted by atomic mass is 32.2. The summed E-state index contributed by atoms with van der Waals surface area (Å²) in [5, 5.41) is 8.91. The lowest BCUT2D eigenvalue weighted by Crippen LogP contribution is -2.19. The first-order valence-corrected chi connectivity index (χ1v) is 15.8. The molecule has 228 valence electrons. The van der Waals surface area contributed by atoms with Crippen molar-refractivity contribution in [1.82, 2.24) is 15.0 Å². The van der Waals surface area contributed by atoms with Gasteiger partial charge in [0.15, 0.2) is 21.4 Å². The summed E-state index contributed by atoms with van der Waals surface area (Å²) in [5.74, 6) is -2.63. The van der Waals surface area contributed by atoms with Crippen molar-refractivity contribution in [3.63, 3.8) is 0 Å². The number of nitrogens with zero attached hydrogens (tertiary/aromatic N) is 1. The van der Waals surface area contributed by atoms with E-state index in [1.165, 1.54) is 30.5 Å². The SMILES string of the molecule is O=C(O)CCc1cccc(Cc2cnc(-c3cc(Oc4c(F)cc5[nH]ccc5c4CC4CCCS4(=O)=O)ccc3F)[nH]2)c1F. The maximum Gasteiger partial charge on any atom is 0.303 e. The van der Waals surface area contributed by atoms with E-state index in [1.54, 1.807) is 24.4 Å². The molecule has 0 radical (unpaired) electrons. The number of carbonyl (C=O) groups is 1. The number of ether oxygens (including phenoxy) is 1. The van der Waals surface area contributed by atoms with Crippen molar-refractivity contribution in [3.05, 3.63) is 101 Å². The first-order valence-electron chi connectivity index (χ1n) is 14.1. The van der Waals surface area contributed by atoms with Crippen molar-refractivity contribution in [1.29, 1.82) is 0 Å². The number of benzene rings is 3. The monoisotopic (exact) mass is 623 g/mol. The number of fused-ring (bicyclic) bond motifs is 1. The van der Waals surface area contributed by atoms with Gasteiger partial charge in [0, 0.05) is 53.5 Å². The Bertz CT molecular complexity index is 1990. The molecule has 1 saturated heterocycles. The highest BCUT2D eigenvalue weighted by Crippen LogP contribution is 2.38. The van der Waals surface area contributed by atoms with Gasteiger partial charge < -0.3 is 19.8 Å². The number of hydrogen-bond acceptors (Lipinski definition) is 5. The van der Waals surface area contributed by atoms with Gasteiger partial charge in [0.2, 0.25) is 0 Å². The van der Waals surface area contributed by atoms with Gasteiger partial charge in [-0.1, -0.05) is 18.2 Å². The maximum absolute atomic E-state index is 15.4. The molecule has 0 aliphatic carbocycles. The molecule has 1 aliphatic heterocycles. The molecule has 0 spiro atoms. The van der Waals surface area contributed by atoms with Gasteiger partial charge >= 0.3 is 5.97 Å². The van der Waals surface area contributed by atoms with E-state index in [9.17, 15) is 13.2 Å². The summed E-state index contributed by atoms with van der Waals surface area (Å²) in [6.45, 7) is 0. The van der Waals surface area contributed by atoms with E-state index in [-0.39, 0.29) is 59.9 Å². The molecule has 2 aromatic heterocycles. The van der Waals surface area contributed by atoms with Gasteiger partial charge in [-0.2, -0.15) is 0 Å². The van der Waals surface area contributed by atoms with Crippen LogP contribution >= 0.6 is 0 Å². The molecule has 3 aromatic carbocycles. The number of sulfone groups is 1. The number of carboxylic acid groups (broad SMARTS) is 1. The lowest BCUT2D eigenvalue weighted by atomic mass is 10.0. The van der Waals surface area contributed by atoms with Crippen LogP contribution in [0.5, 0.6) is 11.5 Å². The van der Waals surface area contributed by atoms with E-state index in [0.29, 0.717) is 40.6 Å². The molecule has 12 heteroatoms. The molecule has 5 aromatic rings. The van der Waals surface area contributed by atoms with Gasteiger partial charge in [-0.05, 0) is 61.1 Å². The van der Waals surface area contributed by atoms with Crippen molar-refractivity contribution >= 4 is 26.7 Å². The molecule has 3 heterocycles. The molecule has 1 fully saturated rings. The van der Waals surface area contributed by atoms with Crippen LogP contribution in [0, 0.1) is 17.5 Å². The zero-order valence-corrected chi connectivity index (χ0v) is 24.2. The Morgan fingerprint density at radius 2 is 1.89 bits per heavy atom. The Kier molecular flexibility index (Phi) is 7.93. The topological polar surface area (TPSA) is 125 Å². The number of rotatable bonds is 10. The standard InChI is InChI=1S/C32H28F3N3O5S/c33-26-8-7-21(43-31-24(15-22-5-2-12-44(22,41)42)23-10-11-36-28(23)16-27(31)34)14-25(26)32-37-17-20(38-32)13-19-4-1-3-18(30(19)35)6-9-29(39)40/h1,3-4,7-8,10-11,14,16-17,22,36H,2,5-6,9,12-13,15H2,(H,37,38)(H,39,40). The Balaban J connectivity index is 1.28. The van der Waals surface area contributed by atoms with Gasteiger partial charge in [-0.25, -0.2) is 26.6 Å². The summed E-state index contributed by atoms with van der Waals surface area (Å²) in [7, 11) is -3.32. The largest absolute Gasteiger partial charge is 0.481 e. The van der Waals surface area contributed by atoms with E-state index < -0.39 is 38.5 Å². The highest BCUT2D eigenvalue weighted by molar-refractivity contribution is 7.92. The summed E-state index contributed by atoms with van der Waals surface area (Å²) in [5.41, 5.74) is 2.06. The first kappa shape index (κ1) is 29.5. The van der Waals surface area contributed by atoms with Crippen LogP contribution in [0.15, 0.2) is 60.9 Å². The number of hydrogen-bond donors (Lipinski definition) is 3. The second kappa shape index (κ2) is 11.8. The minimum atomic E-state index is -3.32. The minimum absolute atomic E-state index is 0.0347. The summed E-state index contributed by atoms with van der Waals surface area (Å²) in [6, 6.07) is 11.6. The number of aromatic amines is 2. The van der Waals surface area contributed by atoms with Crippen molar-refractivity contribution in [3.8, 4) is 22.9 Å². The average Bonchev–Trinajstić information content (AvgIpc) is 3.72. The van der Waals surface area contributed by atoms with Crippen LogP contribution in [-0.4, -0.2) is 45.4 Å². The normalized spacial score (nSPS) is 16.0. The van der Waals surface area contributed by atoms with Gasteiger partial charge in [-0.3, -0.25) is 4.79 Å². The van der Waals surface area contributed by atoms with E-state index >= 15 is 13.2 Å². The third-order valence-electron chi connectivity index (χ3n) is 7.95. The number of aliphatic carboxylic acids is 1. The summed E-state index contributed by atoms with van der Waals surface area (Å²) in [4.78, 5) is 21.1. The van der Waals surface area contributed by atoms with Crippen molar-refractivity contribution in [2.24, 2.45) is 0 Å². The molecular formula is C32H28F3N3O5S. The summed E-state index contributed by atoms with van der Waals surface area (Å²) < 4.78 is 76.6. The van der Waals surface area contributed by atoms with Crippen molar-refractivity contribution in [2.45, 2.75) is 43.8 Å². The molecule has 0 saturated carbocycles. The van der Waals surface area contributed by atoms with Crippen molar-refractivity contribution in [2.75, 3.05) is 5.75 Å². The lowest BCUT2D eigenvalue weighted by Gasteiger charge is -2.17. The number of H-pyrrole nitrogens is 2. The Morgan fingerprint density at radius 1 is 1.07 bits per heavy atom. The fourth-order valence-electron chi connectivity index (χ4n) is 5.71. The predicted molar refractivity (Wildman–Crippen MR) is 158 cm³/mol. The number of carboxylic acids is 1. The zero-order valence-electron chi connectivity index (χ0n) is 23.4. The fourth-order valence-corrected chi connectivity index (χ4v) is 7.56. The van der Waals surface area contributed by atoms with E-state index in [2.05, 4.69) is 15.0 Å². The second-order valence-electron chi connectivity index (χ2n) is 10.9. The number of halogens is 3. The average molecular weight is 624 g/mol. The predicted octanol–water partition coefficient (Wildman–Crippen LogP) is 6.50. The van der Waals surface area contributed by atoms with Crippen LogP contribution in [0.2, 0.25) is 0 Å². The van der Waals surface area contributed by atoms with Crippen LogP contribution in [0.1, 0.15) is 41.6 Å². The Labute approximate surface area is 250 Å². The molecule has 1 atom stereocenters. The van der Waals surface area contributed by atoms with Crippen LogP contribution in [-0.2, 0) is 33.9 Å². The maximum atomic E-state index is 15.4. The van der Waals surface area contributed by atoms with E-state index in [0.717, 1.165) is 6.07 Å². The van der Waals surface area contributed by atoms with Crippen LogP contribution in [0.4, 0.5) is 13.2 Å². The van der Waals surface area contributed by atoms with Crippen LogP contribution in [0.3, 0.4) is 0 Å². The molecule has 44 heavy (non-hydrogen) atoms. The number of nitrogens with one attached hydrogen (secondary N) is 2. The number of aryl methyl sites for hydroxylation is 1. The molecule has 1 aliphatic rings. The first-order chi connectivity index (χ1) is 21.1. The smallest absolute Gasteiger partial charge is 0.303 e. The minimum Gasteiger partial charge on any atom is -0.481 e. The Hall–Kier alpha value is -4.58. The van der Waals surface area contributed by atoms with E-state index in [4.69, 9.17) is 9.84 Å². The summed E-state index contributed by atoms with van der Waals surface area (Å²) in [6.07, 6.45) is 4.15. The number of imidazole rings is 1. The fraction of sp³-hybridized carbons (Fsp3) is 0.250. The van der Waals surface area contributed by atoms with Crippen LogP contribution in [0.25, 0.3) is 22.3 Å². The van der Waals surface area contributed by atoms with Gasteiger partial charge in [0.05, 0.1) is 16.6 Å². The van der Waals surface area contributed by atoms with Gasteiger partial charge in [0.25, 0.3) is 0 Å². The van der Waals surface area contributed by atoms with E-state index in [1.807, 2.05) is 0 Å². The zero-order chi connectivity index (χ0) is 31.0. The molecule has 3 N–H and O–H groups in total. The molecule has 0 bridgehead atoms. The number of aromatic nitrogens is 3. The van der Waals surface area contributed by atoms with Gasteiger partial charge in [0.1, 0.15) is 23.2 Å². The van der Waals surface area contributed by atoms with Gasteiger partial charge in [-0.15, -0.1) is 0 Å². The molecule has 0 amide bonds. The molecule has 1 unspecified atom stereocenters. The molecule has 6 rings (SSSR count). The Morgan fingerprint density at radius 3 is 2.66 bits per heavy atom.